The predicted molar refractivity (Wildman–Crippen MR) is 62.9 cm³/mol. The number of aliphatic carboxylic acids is 1. The second-order valence-electron chi connectivity index (χ2n) is 3.50. The minimum absolute atomic E-state index is 0.315. The molecule has 7 nitrogen and oxygen atoms in total. The molecule has 0 rings (SSSR count). The average Bonchev–Trinajstić information content (AvgIpc) is 2.10. The minimum atomic E-state index is -3.79. The van der Waals surface area contributed by atoms with Crippen LogP contribution in [0, 0.1) is 0 Å². The first-order chi connectivity index (χ1) is 7.57. The number of carbonyl (C=O) groups is 1. The maximum atomic E-state index is 11.3. The summed E-state index contributed by atoms with van der Waals surface area (Å²) >= 11 is 0. The molecule has 0 aromatic heterocycles. The number of sulfone groups is 1. The molecule has 9 heteroatoms. The highest BCUT2D eigenvalue weighted by atomic mass is 32.2. The van der Waals surface area contributed by atoms with Crippen LogP contribution >= 0.6 is 0 Å². The van der Waals surface area contributed by atoms with Gasteiger partial charge in [-0.3, -0.25) is 4.79 Å². The second kappa shape index (κ2) is 6.12. The number of carboxylic acid groups (broad SMARTS) is 1. The van der Waals surface area contributed by atoms with Crippen molar-refractivity contribution in [3.8, 4) is 0 Å². The maximum Gasteiger partial charge on any atom is 0.321 e. The third kappa shape index (κ3) is 7.88. The van der Waals surface area contributed by atoms with Crippen molar-refractivity contribution in [3.63, 3.8) is 0 Å². The van der Waals surface area contributed by atoms with Crippen molar-refractivity contribution in [2.75, 3.05) is 17.8 Å². The molecule has 0 aliphatic carbocycles. The zero-order valence-corrected chi connectivity index (χ0v) is 10.9. The van der Waals surface area contributed by atoms with E-state index in [1.165, 1.54) is 0 Å². The summed E-state index contributed by atoms with van der Waals surface area (Å²) in [6, 6.07) is -1.45. The summed E-state index contributed by atoms with van der Waals surface area (Å²) in [4.78, 5) is 10.8. The zero-order chi connectivity index (χ0) is 13.7. The first-order valence-corrected chi connectivity index (χ1v) is 8.30. The molecule has 2 N–H and O–H groups in total. The second-order valence-corrected chi connectivity index (χ2v) is 7.56. The Morgan fingerprint density at radius 1 is 1.41 bits per heavy atom. The summed E-state index contributed by atoms with van der Waals surface area (Å²) in [5.41, 5.74) is 0. The van der Waals surface area contributed by atoms with Gasteiger partial charge in [0.15, 0.2) is 0 Å². The SMILES string of the molecule is C=CCS(=O)(=O)NC(CCS(C)(=O)=O)C(=O)O. The monoisotopic (exact) mass is 285 g/mol. The summed E-state index contributed by atoms with van der Waals surface area (Å²) in [6.45, 7) is 3.22. The van der Waals surface area contributed by atoms with Crippen LogP contribution in [-0.4, -0.2) is 51.7 Å². The van der Waals surface area contributed by atoms with E-state index in [1.807, 2.05) is 4.72 Å². The Morgan fingerprint density at radius 3 is 2.29 bits per heavy atom. The molecular formula is C8H15NO6S2. The normalized spacial score (nSPS) is 14.2. The fraction of sp³-hybridized carbons (Fsp3) is 0.625. The Kier molecular flexibility index (Phi) is 5.79. The molecule has 17 heavy (non-hydrogen) atoms. The summed E-state index contributed by atoms with van der Waals surface area (Å²) in [7, 11) is -7.13. The van der Waals surface area contributed by atoms with E-state index < -0.39 is 43.4 Å². The molecule has 0 radical (unpaired) electrons. The van der Waals surface area contributed by atoms with Gasteiger partial charge in [0, 0.05) is 6.26 Å². The first-order valence-electron chi connectivity index (χ1n) is 4.59. The first kappa shape index (κ1) is 16.1. The van der Waals surface area contributed by atoms with Gasteiger partial charge in [-0.2, -0.15) is 0 Å². The van der Waals surface area contributed by atoms with E-state index in [4.69, 9.17) is 5.11 Å². The van der Waals surface area contributed by atoms with E-state index in [9.17, 15) is 21.6 Å². The zero-order valence-electron chi connectivity index (χ0n) is 9.29. The third-order valence-electron chi connectivity index (χ3n) is 1.73. The van der Waals surface area contributed by atoms with Crippen LogP contribution < -0.4 is 4.72 Å². The number of carboxylic acids is 1. The van der Waals surface area contributed by atoms with Crippen molar-refractivity contribution < 1.29 is 26.7 Å². The number of hydrogen-bond donors (Lipinski definition) is 2. The lowest BCUT2D eigenvalue weighted by atomic mass is 10.2. The Labute approximate surface area is 100 Å². The van der Waals surface area contributed by atoms with Crippen LogP contribution in [0.2, 0.25) is 0 Å². The van der Waals surface area contributed by atoms with Gasteiger partial charge in [0.1, 0.15) is 15.9 Å². The molecule has 100 valence electrons. The smallest absolute Gasteiger partial charge is 0.321 e. The highest BCUT2D eigenvalue weighted by molar-refractivity contribution is 7.90. The van der Waals surface area contributed by atoms with Crippen molar-refractivity contribution in [3.05, 3.63) is 12.7 Å². The van der Waals surface area contributed by atoms with Crippen LogP contribution in [0.15, 0.2) is 12.7 Å². The standard InChI is InChI=1S/C8H15NO6S2/c1-3-5-17(14,15)9-7(8(10)11)4-6-16(2,12)13/h3,7,9H,1,4-6H2,2H3,(H,10,11). The lowest BCUT2D eigenvalue weighted by Gasteiger charge is -2.13. The van der Waals surface area contributed by atoms with Gasteiger partial charge in [-0.15, -0.1) is 6.58 Å². The molecule has 0 spiro atoms. The van der Waals surface area contributed by atoms with Gasteiger partial charge >= 0.3 is 5.97 Å². The van der Waals surface area contributed by atoms with Crippen molar-refractivity contribution in [2.24, 2.45) is 0 Å². The topological polar surface area (TPSA) is 118 Å². The van der Waals surface area contributed by atoms with Crippen LogP contribution in [0.1, 0.15) is 6.42 Å². The maximum absolute atomic E-state index is 11.3. The highest BCUT2D eigenvalue weighted by Gasteiger charge is 2.24. The van der Waals surface area contributed by atoms with Crippen LogP contribution in [0.4, 0.5) is 0 Å². The van der Waals surface area contributed by atoms with Gasteiger partial charge in [0.25, 0.3) is 0 Å². The summed E-state index contributed by atoms with van der Waals surface area (Å²) in [5, 5.41) is 8.75. The van der Waals surface area contributed by atoms with Crippen molar-refractivity contribution in [1.82, 2.24) is 4.72 Å². The van der Waals surface area contributed by atoms with E-state index in [2.05, 4.69) is 6.58 Å². The van der Waals surface area contributed by atoms with Crippen LogP contribution in [0.3, 0.4) is 0 Å². The summed E-state index contributed by atoms with van der Waals surface area (Å²) in [6.07, 6.45) is 1.74. The third-order valence-corrected chi connectivity index (χ3v) is 4.03. The minimum Gasteiger partial charge on any atom is -0.480 e. The van der Waals surface area contributed by atoms with Crippen LogP contribution in [0.5, 0.6) is 0 Å². The van der Waals surface area contributed by atoms with Gasteiger partial charge in [-0.25, -0.2) is 21.6 Å². The lowest BCUT2D eigenvalue weighted by Crippen LogP contribution is -2.42. The lowest BCUT2D eigenvalue weighted by molar-refractivity contribution is -0.139. The number of nitrogens with one attached hydrogen (secondary N) is 1. The van der Waals surface area contributed by atoms with E-state index in [0.717, 1.165) is 12.3 Å². The summed E-state index contributed by atoms with van der Waals surface area (Å²) in [5.74, 6) is -2.24. The summed E-state index contributed by atoms with van der Waals surface area (Å²) < 4.78 is 46.2. The molecule has 0 saturated heterocycles. The number of hydrogen-bond acceptors (Lipinski definition) is 5. The molecular weight excluding hydrogens is 270 g/mol. The Hall–Kier alpha value is -0.930. The molecule has 1 unspecified atom stereocenters. The highest BCUT2D eigenvalue weighted by Crippen LogP contribution is 2.00. The Balaban J connectivity index is 4.67. The van der Waals surface area contributed by atoms with E-state index >= 15 is 0 Å². The molecule has 0 saturated carbocycles. The predicted octanol–water partition coefficient (Wildman–Crippen LogP) is -1.02. The molecule has 0 amide bonds. The molecule has 0 aliphatic heterocycles. The van der Waals surface area contributed by atoms with Crippen LogP contribution in [0.25, 0.3) is 0 Å². The quantitative estimate of drug-likeness (QED) is 0.551. The van der Waals surface area contributed by atoms with Crippen molar-refractivity contribution in [1.29, 1.82) is 0 Å². The largest absolute Gasteiger partial charge is 0.480 e. The van der Waals surface area contributed by atoms with Crippen molar-refractivity contribution >= 4 is 25.8 Å². The molecule has 1 atom stereocenters. The van der Waals surface area contributed by atoms with E-state index in [1.54, 1.807) is 0 Å². The molecule has 0 bridgehead atoms. The average molecular weight is 285 g/mol. The van der Waals surface area contributed by atoms with E-state index in [-0.39, 0.29) is 6.42 Å². The Bertz CT molecular complexity index is 478. The van der Waals surface area contributed by atoms with Crippen molar-refractivity contribution in [2.45, 2.75) is 12.5 Å². The van der Waals surface area contributed by atoms with Gasteiger partial charge in [-0.1, -0.05) is 6.08 Å². The molecule has 0 aliphatic rings. The van der Waals surface area contributed by atoms with Crippen LogP contribution in [-0.2, 0) is 24.7 Å². The fourth-order valence-electron chi connectivity index (χ4n) is 0.985. The van der Waals surface area contributed by atoms with Gasteiger partial charge in [-0.05, 0) is 6.42 Å². The molecule has 0 fully saturated rings. The Morgan fingerprint density at radius 2 is 1.94 bits per heavy atom. The number of sulfonamides is 1. The van der Waals surface area contributed by atoms with Gasteiger partial charge in [0.2, 0.25) is 10.0 Å². The fourth-order valence-corrected chi connectivity index (χ4v) is 2.71. The molecule has 0 aromatic carbocycles. The molecule has 0 aromatic rings. The number of rotatable bonds is 8. The molecule has 0 heterocycles. The van der Waals surface area contributed by atoms with Gasteiger partial charge in [0.05, 0.1) is 11.5 Å². The van der Waals surface area contributed by atoms with Gasteiger partial charge < -0.3 is 5.11 Å². The van der Waals surface area contributed by atoms with E-state index in [0.29, 0.717) is 0 Å².